The summed E-state index contributed by atoms with van der Waals surface area (Å²) in [7, 11) is 0. The number of hydrogen-bond acceptors (Lipinski definition) is 4. The highest BCUT2D eigenvalue weighted by Gasteiger charge is 2.53. The zero-order valence-corrected chi connectivity index (χ0v) is 17.7. The van der Waals surface area contributed by atoms with Gasteiger partial charge in [0.15, 0.2) is 5.78 Å². The van der Waals surface area contributed by atoms with Crippen molar-refractivity contribution in [1.82, 2.24) is 10.0 Å². The van der Waals surface area contributed by atoms with Crippen molar-refractivity contribution in [2.45, 2.75) is 13.3 Å². The fourth-order valence-corrected chi connectivity index (χ4v) is 4.44. The van der Waals surface area contributed by atoms with Gasteiger partial charge in [0, 0.05) is 5.56 Å². The summed E-state index contributed by atoms with van der Waals surface area (Å²) in [4.78, 5) is 52.8. The number of amides is 3. The van der Waals surface area contributed by atoms with E-state index < -0.39 is 36.1 Å². The van der Waals surface area contributed by atoms with E-state index in [1.165, 1.54) is 6.07 Å². The van der Waals surface area contributed by atoms with Crippen molar-refractivity contribution in [3.63, 3.8) is 0 Å². The minimum absolute atomic E-state index is 0.117. The largest absolute Gasteiger partial charge is 0.292 e. The zero-order valence-electron chi connectivity index (χ0n) is 16.9. The number of hydrazine groups is 1. The first kappa shape index (κ1) is 21.0. The van der Waals surface area contributed by atoms with Crippen LogP contribution in [0.2, 0.25) is 5.02 Å². The number of carbonyl (C=O) groups is 4. The standard InChI is InChI=1S/C24H21ClN2O4/c1-15-8-7-12-18-21(15)24(31)27(23(18)30)26(14-20(28)16-9-3-2-4-10-16)22(29)17-11-5-6-13-19(17)25/h2-11,13,15,18,21H,12,14H2,1H3/t15-,18-,21+/m1/s1. The predicted octanol–water partition coefficient (Wildman–Crippen LogP) is 3.78. The van der Waals surface area contributed by atoms with E-state index >= 15 is 0 Å². The number of allylic oxidation sites excluding steroid dienone is 2. The van der Waals surface area contributed by atoms with Gasteiger partial charge < -0.3 is 0 Å². The molecule has 0 N–H and O–H groups in total. The maximum absolute atomic E-state index is 13.4. The van der Waals surface area contributed by atoms with Gasteiger partial charge in [-0.05, 0) is 24.5 Å². The summed E-state index contributed by atoms with van der Waals surface area (Å²) in [6, 6.07) is 14.8. The number of fused-ring (bicyclic) bond motifs is 1. The SMILES string of the molecule is C[C@@H]1C=CC[C@H]2C(=O)N(N(CC(=O)c3ccccc3)C(=O)c3ccccc3Cl)C(=O)[C@@H]12. The van der Waals surface area contributed by atoms with Crippen molar-refractivity contribution in [2.24, 2.45) is 17.8 Å². The Balaban J connectivity index is 1.73. The number of imide groups is 1. The Morgan fingerprint density at radius 3 is 2.39 bits per heavy atom. The highest BCUT2D eigenvalue weighted by molar-refractivity contribution is 6.34. The van der Waals surface area contributed by atoms with Gasteiger partial charge in [0.05, 0.1) is 22.4 Å². The highest BCUT2D eigenvalue weighted by Crippen LogP contribution is 2.39. The second kappa shape index (κ2) is 8.47. The molecule has 0 bridgehead atoms. The predicted molar refractivity (Wildman–Crippen MR) is 115 cm³/mol. The lowest BCUT2D eigenvalue weighted by Crippen LogP contribution is -2.52. The molecule has 4 rings (SSSR count). The number of nitrogens with zero attached hydrogens (tertiary/aromatic N) is 2. The maximum Gasteiger partial charge on any atom is 0.274 e. The van der Waals surface area contributed by atoms with E-state index in [0.717, 1.165) is 10.0 Å². The van der Waals surface area contributed by atoms with E-state index in [4.69, 9.17) is 11.6 Å². The number of carbonyl (C=O) groups excluding carboxylic acids is 4. The Morgan fingerprint density at radius 2 is 1.71 bits per heavy atom. The molecule has 31 heavy (non-hydrogen) atoms. The number of rotatable bonds is 5. The molecule has 0 saturated carbocycles. The molecular weight excluding hydrogens is 416 g/mol. The van der Waals surface area contributed by atoms with E-state index in [9.17, 15) is 19.2 Å². The summed E-state index contributed by atoms with van der Waals surface area (Å²) in [6.07, 6.45) is 4.22. The first-order valence-corrected chi connectivity index (χ1v) is 10.5. The van der Waals surface area contributed by atoms with Gasteiger partial charge in [-0.25, -0.2) is 5.01 Å². The number of ketones is 1. The van der Waals surface area contributed by atoms with Crippen LogP contribution in [0.25, 0.3) is 0 Å². The van der Waals surface area contributed by atoms with Gasteiger partial charge in [0.2, 0.25) is 0 Å². The van der Waals surface area contributed by atoms with Gasteiger partial charge in [-0.1, -0.05) is 73.1 Å². The summed E-state index contributed by atoms with van der Waals surface area (Å²) < 4.78 is 0. The monoisotopic (exact) mass is 436 g/mol. The molecule has 3 atom stereocenters. The molecule has 2 aliphatic rings. The molecule has 3 amide bonds. The van der Waals surface area contributed by atoms with Gasteiger partial charge in [-0.15, -0.1) is 0 Å². The molecular formula is C24H21ClN2O4. The number of benzene rings is 2. The molecule has 2 aromatic rings. The third-order valence-corrected chi connectivity index (χ3v) is 6.15. The average molecular weight is 437 g/mol. The van der Waals surface area contributed by atoms with Crippen LogP contribution in [0.1, 0.15) is 34.1 Å². The van der Waals surface area contributed by atoms with Crippen molar-refractivity contribution in [2.75, 3.05) is 6.54 Å². The van der Waals surface area contributed by atoms with Crippen LogP contribution in [-0.4, -0.2) is 40.1 Å². The second-order valence-electron chi connectivity index (χ2n) is 7.78. The Morgan fingerprint density at radius 1 is 1.03 bits per heavy atom. The van der Waals surface area contributed by atoms with E-state index in [1.807, 2.05) is 19.1 Å². The van der Waals surface area contributed by atoms with Crippen molar-refractivity contribution in [3.8, 4) is 0 Å². The second-order valence-corrected chi connectivity index (χ2v) is 8.18. The molecule has 0 aromatic heterocycles. The Labute approximate surface area is 185 Å². The normalized spacial score (nSPS) is 22.4. The topological polar surface area (TPSA) is 74.8 Å². The Bertz CT molecular complexity index is 1080. The van der Waals surface area contributed by atoms with Crippen LogP contribution in [-0.2, 0) is 9.59 Å². The summed E-state index contributed by atoms with van der Waals surface area (Å²) in [5.74, 6) is -3.21. The van der Waals surface area contributed by atoms with Crippen LogP contribution in [0.3, 0.4) is 0 Å². The van der Waals surface area contributed by atoms with E-state index in [-0.39, 0.29) is 22.3 Å². The molecule has 1 heterocycles. The molecule has 158 valence electrons. The average Bonchev–Trinajstić information content (AvgIpc) is 3.03. The summed E-state index contributed by atoms with van der Waals surface area (Å²) >= 11 is 6.21. The van der Waals surface area contributed by atoms with Crippen molar-refractivity contribution in [3.05, 3.63) is 82.9 Å². The highest BCUT2D eigenvalue weighted by atomic mass is 35.5. The molecule has 0 radical (unpaired) electrons. The van der Waals surface area contributed by atoms with Crippen molar-refractivity contribution in [1.29, 1.82) is 0 Å². The van der Waals surface area contributed by atoms with Crippen molar-refractivity contribution >= 4 is 35.1 Å². The first-order chi connectivity index (χ1) is 14.9. The third-order valence-electron chi connectivity index (χ3n) is 5.82. The molecule has 0 unspecified atom stereocenters. The molecule has 2 aromatic carbocycles. The molecule has 1 aliphatic carbocycles. The Kier molecular flexibility index (Phi) is 5.74. The van der Waals surface area contributed by atoms with Crippen LogP contribution in [0.5, 0.6) is 0 Å². The molecule has 1 saturated heterocycles. The van der Waals surface area contributed by atoms with E-state index in [2.05, 4.69) is 0 Å². The van der Waals surface area contributed by atoms with Gasteiger partial charge in [-0.3, -0.25) is 19.2 Å². The number of hydrogen-bond donors (Lipinski definition) is 0. The fourth-order valence-electron chi connectivity index (χ4n) is 4.23. The quantitative estimate of drug-likeness (QED) is 0.406. The van der Waals surface area contributed by atoms with Crippen LogP contribution >= 0.6 is 11.6 Å². The summed E-state index contributed by atoms with van der Waals surface area (Å²) in [5, 5.41) is 1.99. The molecule has 0 spiro atoms. The maximum atomic E-state index is 13.4. The van der Waals surface area contributed by atoms with Gasteiger partial charge in [0.1, 0.15) is 6.54 Å². The minimum Gasteiger partial charge on any atom is -0.292 e. The molecule has 1 fully saturated rings. The van der Waals surface area contributed by atoms with Crippen LogP contribution in [0.15, 0.2) is 66.7 Å². The first-order valence-electron chi connectivity index (χ1n) is 10.1. The zero-order chi connectivity index (χ0) is 22.1. The summed E-state index contributed by atoms with van der Waals surface area (Å²) in [5.41, 5.74) is 0.498. The number of Topliss-reactive ketones (excluding diaryl/α,β-unsaturated/α-hetero) is 1. The van der Waals surface area contributed by atoms with Crippen LogP contribution in [0.4, 0.5) is 0 Å². The van der Waals surface area contributed by atoms with Gasteiger partial charge >= 0.3 is 0 Å². The van der Waals surface area contributed by atoms with E-state index in [0.29, 0.717) is 12.0 Å². The van der Waals surface area contributed by atoms with E-state index in [1.54, 1.807) is 48.5 Å². The third kappa shape index (κ3) is 3.79. The van der Waals surface area contributed by atoms with Gasteiger partial charge in [-0.2, -0.15) is 5.01 Å². The Hall–Kier alpha value is -3.25. The summed E-state index contributed by atoms with van der Waals surface area (Å²) in [6.45, 7) is 1.42. The lowest BCUT2D eigenvalue weighted by atomic mass is 9.78. The fraction of sp³-hybridized carbons (Fsp3) is 0.250. The number of halogens is 1. The van der Waals surface area contributed by atoms with Crippen LogP contribution in [0, 0.1) is 17.8 Å². The molecule has 7 heteroatoms. The molecule has 6 nitrogen and oxygen atoms in total. The van der Waals surface area contributed by atoms with Crippen LogP contribution < -0.4 is 0 Å². The smallest absolute Gasteiger partial charge is 0.274 e. The minimum atomic E-state index is -0.671. The van der Waals surface area contributed by atoms with Crippen molar-refractivity contribution < 1.29 is 19.2 Å². The van der Waals surface area contributed by atoms with Gasteiger partial charge in [0.25, 0.3) is 17.7 Å². The molecule has 1 aliphatic heterocycles. The lowest BCUT2D eigenvalue weighted by Gasteiger charge is -2.30. The lowest BCUT2D eigenvalue weighted by molar-refractivity contribution is -0.154.